The Hall–Kier alpha value is -2.18. The minimum Gasteiger partial charge on any atom is -0.350 e. The van der Waals surface area contributed by atoms with Crippen LogP contribution in [0.15, 0.2) is 53.0 Å². The first-order chi connectivity index (χ1) is 14.4. The summed E-state index contributed by atoms with van der Waals surface area (Å²) in [6, 6.07) is 15.3. The van der Waals surface area contributed by atoms with Gasteiger partial charge in [-0.15, -0.1) is 0 Å². The van der Waals surface area contributed by atoms with Crippen LogP contribution in [0.1, 0.15) is 41.8 Å². The third-order valence-electron chi connectivity index (χ3n) is 5.43. The summed E-state index contributed by atoms with van der Waals surface area (Å²) in [6.07, 6.45) is 1.29. The molecule has 0 saturated carbocycles. The van der Waals surface area contributed by atoms with E-state index in [-0.39, 0.29) is 18.4 Å². The SMILES string of the molecule is CC1CC(C)CN(Cc2ccccc2CNC(=O)CNC(=O)c2cccc(Br)c2)C1. The molecule has 2 aromatic rings. The second-order valence-corrected chi connectivity index (χ2v) is 9.29. The minimum atomic E-state index is -0.264. The summed E-state index contributed by atoms with van der Waals surface area (Å²) in [5.74, 6) is 0.970. The average molecular weight is 472 g/mol. The van der Waals surface area contributed by atoms with Crippen molar-refractivity contribution < 1.29 is 9.59 Å². The number of likely N-dealkylation sites (tertiary alicyclic amines) is 1. The van der Waals surface area contributed by atoms with Gasteiger partial charge in [-0.25, -0.2) is 0 Å². The predicted octanol–water partition coefficient (Wildman–Crippen LogP) is 3.97. The van der Waals surface area contributed by atoms with Crippen molar-refractivity contribution in [3.63, 3.8) is 0 Å². The molecular formula is C24H30BrN3O2. The van der Waals surface area contributed by atoms with Gasteiger partial charge in [0, 0.05) is 36.2 Å². The van der Waals surface area contributed by atoms with Crippen molar-refractivity contribution in [1.29, 1.82) is 0 Å². The van der Waals surface area contributed by atoms with Gasteiger partial charge < -0.3 is 10.6 Å². The average Bonchev–Trinajstić information content (AvgIpc) is 2.70. The van der Waals surface area contributed by atoms with Crippen molar-refractivity contribution in [1.82, 2.24) is 15.5 Å². The number of hydrogen-bond donors (Lipinski definition) is 2. The van der Waals surface area contributed by atoms with Crippen LogP contribution in [0.2, 0.25) is 0 Å². The highest BCUT2D eigenvalue weighted by molar-refractivity contribution is 9.10. The van der Waals surface area contributed by atoms with Crippen LogP contribution in [0, 0.1) is 11.8 Å². The Labute approximate surface area is 187 Å². The highest BCUT2D eigenvalue weighted by Crippen LogP contribution is 2.23. The minimum absolute atomic E-state index is 0.0470. The molecule has 30 heavy (non-hydrogen) atoms. The molecule has 1 aliphatic rings. The Morgan fingerprint density at radius 1 is 1.00 bits per heavy atom. The maximum atomic E-state index is 12.3. The van der Waals surface area contributed by atoms with Crippen LogP contribution >= 0.6 is 15.9 Å². The predicted molar refractivity (Wildman–Crippen MR) is 123 cm³/mol. The quantitative estimate of drug-likeness (QED) is 0.641. The molecule has 2 amide bonds. The molecule has 2 atom stereocenters. The highest BCUT2D eigenvalue weighted by Gasteiger charge is 2.22. The smallest absolute Gasteiger partial charge is 0.251 e. The number of nitrogens with one attached hydrogen (secondary N) is 2. The van der Waals surface area contributed by atoms with E-state index in [0.29, 0.717) is 12.1 Å². The van der Waals surface area contributed by atoms with Crippen molar-refractivity contribution >= 4 is 27.7 Å². The maximum Gasteiger partial charge on any atom is 0.251 e. The van der Waals surface area contributed by atoms with Crippen LogP contribution in [-0.2, 0) is 17.9 Å². The fraction of sp³-hybridized carbons (Fsp3) is 0.417. The second kappa shape index (κ2) is 10.7. The first-order valence-electron chi connectivity index (χ1n) is 10.5. The Morgan fingerprint density at radius 2 is 1.70 bits per heavy atom. The molecule has 160 valence electrons. The summed E-state index contributed by atoms with van der Waals surface area (Å²) >= 11 is 3.35. The number of rotatable bonds is 7. The van der Waals surface area contributed by atoms with Gasteiger partial charge in [-0.05, 0) is 47.6 Å². The lowest BCUT2D eigenvalue weighted by Gasteiger charge is -2.35. The van der Waals surface area contributed by atoms with Gasteiger partial charge in [-0.3, -0.25) is 14.5 Å². The van der Waals surface area contributed by atoms with Crippen LogP contribution in [0.3, 0.4) is 0 Å². The van der Waals surface area contributed by atoms with E-state index in [0.717, 1.165) is 41.5 Å². The van der Waals surface area contributed by atoms with Gasteiger partial charge in [0.2, 0.25) is 5.91 Å². The zero-order valence-electron chi connectivity index (χ0n) is 17.7. The molecule has 0 aliphatic carbocycles. The number of hydrogen-bond acceptors (Lipinski definition) is 3. The first kappa shape index (κ1) is 22.5. The molecular weight excluding hydrogens is 442 g/mol. The maximum absolute atomic E-state index is 12.3. The van der Waals surface area contributed by atoms with Crippen molar-refractivity contribution in [3.8, 4) is 0 Å². The lowest BCUT2D eigenvalue weighted by atomic mass is 9.91. The fourth-order valence-corrected chi connectivity index (χ4v) is 4.59. The highest BCUT2D eigenvalue weighted by atomic mass is 79.9. The zero-order chi connectivity index (χ0) is 21.5. The normalized spacial score (nSPS) is 19.3. The van der Waals surface area contributed by atoms with E-state index in [9.17, 15) is 9.59 Å². The van der Waals surface area contributed by atoms with Crippen molar-refractivity contribution in [2.24, 2.45) is 11.8 Å². The summed E-state index contributed by atoms with van der Waals surface area (Å²) in [4.78, 5) is 27.0. The monoisotopic (exact) mass is 471 g/mol. The molecule has 2 N–H and O–H groups in total. The van der Waals surface area contributed by atoms with E-state index >= 15 is 0 Å². The van der Waals surface area contributed by atoms with Gasteiger partial charge in [0.1, 0.15) is 0 Å². The fourth-order valence-electron chi connectivity index (χ4n) is 4.19. The third-order valence-corrected chi connectivity index (χ3v) is 5.92. The lowest BCUT2D eigenvalue weighted by molar-refractivity contribution is -0.120. The first-order valence-corrected chi connectivity index (χ1v) is 11.3. The number of halogens is 1. The van der Waals surface area contributed by atoms with Gasteiger partial charge in [-0.2, -0.15) is 0 Å². The van der Waals surface area contributed by atoms with Crippen molar-refractivity contribution in [3.05, 3.63) is 69.7 Å². The summed E-state index contributed by atoms with van der Waals surface area (Å²) in [5, 5.41) is 5.60. The number of carbonyl (C=O) groups excluding carboxylic acids is 2. The molecule has 2 unspecified atom stereocenters. The third kappa shape index (κ3) is 6.67. The van der Waals surface area contributed by atoms with Crippen molar-refractivity contribution in [2.45, 2.75) is 33.4 Å². The molecule has 5 nitrogen and oxygen atoms in total. The van der Waals surface area contributed by atoms with E-state index in [1.54, 1.807) is 18.2 Å². The van der Waals surface area contributed by atoms with E-state index in [4.69, 9.17) is 0 Å². The summed E-state index contributed by atoms with van der Waals surface area (Å²) in [7, 11) is 0. The number of carbonyl (C=O) groups is 2. The van der Waals surface area contributed by atoms with Crippen LogP contribution in [0.4, 0.5) is 0 Å². The summed E-state index contributed by atoms with van der Waals surface area (Å²) < 4.78 is 0.828. The number of piperidine rings is 1. The Morgan fingerprint density at radius 3 is 2.40 bits per heavy atom. The molecule has 0 spiro atoms. The molecule has 3 rings (SSSR count). The molecule has 6 heteroatoms. The van der Waals surface area contributed by atoms with E-state index in [1.807, 2.05) is 12.1 Å². The zero-order valence-corrected chi connectivity index (χ0v) is 19.2. The van der Waals surface area contributed by atoms with E-state index < -0.39 is 0 Å². The van der Waals surface area contributed by atoms with E-state index in [2.05, 4.69) is 63.5 Å². The van der Waals surface area contributed by atoms with Gasteiger partial charge >= 0.3 is 0 Å². The Kier molecular flexibility index (Phi) is 8.05. The van der Waals surface area contributed by atoms with E-state index in [1.165, 1.54) is 12.0 Å². The van der Waals surface area contributed by atoms with Crippen LogP contribution in [0.5, 0.6) is 0 Å². The molecule has 0 aromatic heterocycles. The molecule has 0 bridgehead atoms. The second-order valence-electron chi connectivity index (χ2n) is 8.38. The van der Waals surface area contributed by atoms with Gasteiger partial charge in [0.05, 0.1) is 6.54 Å². The topological polar surface area (TPSA) is 61.4 Å². The standard InChI is InChI=1S/C24H30BrN3O2/c1-17-10-18(2)15-28(14-17)16-21-7-4-3-6-20(21)12-26-23(29)13-27-24(30)19-8-5-9-22(25)11-19/h3-9,11,17-18H,10,12-16H2,1-2H3,(H,26,29)(H,27,30). The van der Waals surface area contributed by atoms with Crippen molar-refractivity contribution in [2.75, 3.05) is 19.6 Å². The number of amides is 2. The molecule has 1 saturated heterocycles. The molecule has 1 fully saturated rings. The Balaban J connectivity index is 1.50. The number of benzene rings is 2. The lowest BCUT2D eigenvalue weighted by Crippen LogP contribution is -2.39. The van der Waals surface area contributed by atoms with Gasteiger partial charge in [-0.1, -0.05) is 60.1 Å². The Bertz CT molecular complexity index is 876. The molecule has 1 heterocycles. The molecule has 1 aliphatic heterocycles. The molecule has 0 radical (unpaired) electrons. The summed E-state index contributed by atoms with van der Waals surface area (Å²) in [6.45, 7) is 8.18. The van der Waals surface area contributed by atoms with Crippen LogP contribution < -0.4 is 10.6 Å². The van der Waals surface area contributed by atoms with Crippen LogP contribution in [-0.4, -0.2) is 36.3 Å². The summed E-state index contributed by atoms with van der Waals surface area (Å²) in [5.41, 5.74) is 2.89. The largest absolute Gasteiger partial charge is 0.350 e. The number of nitrogens with zero attached hydrogens (tertiary/aromatic N) is 1. The van der Waals surface area contributed by atoms with Gasteiger partial charge in [0.15, 0.2) is 0 Å². The van der Waals surface area contributed by atoms with Gasteiger partial charge in [0.25, 0.3) is 5.91 Å². The van der Waals surface area contributed by atoms with Crippen LogP contribution in [0.25, 0.3) is 0 Å². The molecule has 2 aromatic carbocycles.